The molecular weight excluding hydrogens is 264 g/mol. The Balaban J connectivity index is 2.97. The van der Waals surface area contributed by atoms with Crippen LogP contribution in [0, 0.1) is 0 Å². The Kier molecular flexibility index (Phi) is 7.88. The molecular formula is C18H28O3. The van der Waals surface area contributed by atoms with E-state index in [0.717, 1.165) is 55.2 Å². The molecule has 1 rings (SSSR count). The van der Waals surface area contributed by atoms with Crippen molar-refractivity contribution in [2.24, 2.45) is 0 Å². The Labute approximate surface area is 128 Å². The molecule has 1 N–H and O–H groups in total. The summed E-state index contributed by atoms with van der Waals surface area (Å²) < 4.78 is 5.02. The van der Waals surface area contributed by atoms with E-state index in [1.807, 2.05) is 19.1 Å². The third-order valence-corrected chi connectivity index (χ3v) is 3.58. The Bertz CT molecular complexity index is 423. The van der Waals surface area contributed by atoms with E-state index < -0.39 is 0 Å². The third kappa shape index (κ3) is 5.78. The number of benzene rings is 1. The first kappa shape index (κ1) is 17.5. The van der Waals surface area contributed by atoms with Crippen LogP contribution >= 0.6 is 0 Å². The van der Waals surface area contributed by atoms with Crippen LogP contribution in [0.25, 0.3) is 0 Å². The number of esters is 1. The highest BCUT2D eigenvalue weighted by atomic mass is 16.5. The molecule has 0 atom stereocenters. The second kappa shape index (κ2) is 9.43. The van der Waals surface area contributed by atoms with Crippen molar-refractivity contribution in [1.29, 1.82) is 0 Å². The number of ether oxygens (including phenoxy) is 1. The molecule has 3 nitrogen and oxygen atoms in total. The number of aryl methyl sites for hydroxylation is 2. The fraction of sp³-hybridized carbons (Fsp3) is 0.611. The lowest BCUT2D eigenvalue weighted by molar-refractivity contribution is -0.142. The molecule has 0 unspecified atom stereocenters. The molecule has 0 spiro atoms. The maximum absolute atomic E-state index is 11.7. The average molecular weight is 292 g/mol. The molecule has 0 bridgehead atoms. The van der Waals surface area contributed by atoms with Crippen LogP contribution in [0.4, 0.5) is 0 Å². The number of rotatable bonds is 9. The SMILES string of the molecule is CCCCc1cc(CC(=O)OCC)cc(CCCC)c1O. The van der Waals surface area contributed by atoms with Gasteiger partial charge in [-0.15, -0.1) is 0 Å². The van der Waals surface area contributed by atoms with E-state index in [0.29, 0.717) is 12.4 Å². The van der Waals surface area contributed by atoms with Gasteiger partial charge in [-0.3, -0.25) is 4.79 Å². The minimum atomic E-state index is -0.203. The summed E-state index contributed by atoms with van der Waals surface area (Å²) in [5.74, 6) is 0.218. The van der Waals surface area contributed by atoms with Crippen molar-refractivity contribution in [2.45, 2.75) is 65.7 Å². The molecule has 0 amide bonds. The first-order chi connectivity index (χ1) is 10.1. The molecule has 0 radical (unpaired) electrons. The highest BCUT2D eigenvalue weighted by Gasteiger charge is 2.12. The monoisotopic (exact) mass is 292 g/mol. The number of unbranched alkanes of at least 4 members (excludes halogenated alkanes) is 2. The number of hydrogen-bond donors (Lipinski definition) is 1. The lowest BCUT2D eigenvalue weighted by Crippen LogP contribution is -2.08. The summed E-state index contributed by atoms with van der Waals surface area (Å²) in [7, 11) is 0. The molecule has 0 aliphatic heterocycles. The maximum atomic E-state index is 11.7. The number of carbonyl (C=O) groups is 1. The Morgan fingerprint density at radius 3 is 2.00 bits per heavy atom. The fourth-order valence-electron chi connectivity index (χ4n) is 2.43. The van der Waals surface area contributed by atoms with Gasteiger partial charge in [0.25, 0.3) is 0 Å². The molecule has 0 aromatic heterocycles. The third-order valence-electron chi connectivity index (χ3n) is 3.58. The second-order valence-corrected chi connectivity index (χ2v) is 5.45. The smallest absolute Gasteiger partial charge is 0.310 e. The van der Waals surface area contributed by atoms with Gasteiger partial charge in [0, 0.05) is 0 Å². The number of phenols is 1. The summed E-state index contributed by atoms with van der Waals surface area (Å²) >= 11 is 0. The lowest BCUT2D eigenvalue weighted by atomic mass is 9.96. The van der Waals surface area contributed by atoms with Crippen molar-refractivity contribution in [2.75, 3.05) is 6.61 Å². The van der Waals surface area contributed by atoms with E-state index in [-0.39, 0.29) is 12.4 Å². The lowest BCUT2D eigenvalue weighted by Gasteiger charge is -2.13. The van der Waals surface area contributed by atoms with E-state index in [4.69, 9.17) is 4.74 Å². The topological polar surface area (TPSA) is 46.5 Å². The minimum Gasteiger partial charge on any atom is -0.507 e. The van der Waals surface area contributed by atoms with Crippen molar-refractivity contribution < 1.29 is 14.6 Å². The van der Waals surface area contributed by atoms with Gasteiger partial charge in [-0.25, -0.2) is 0 Å². The normalized spacial score (nSPS) is 10.6. The van der Waals surface area contributed by atoms with Gasteiger partial charge >= 0.3 is 5.97 Å². The van der Waals surface area contributed by atoms with Crippen LogP contribution in [0.1, 0.15) is 63.1 Å². The standard InChI is InChI=1S/C18H28O3/c1-4-7-9-15-11-14(13-17(19)21-6-3)12-16(18(15)20)10-8-5-2/h11-12,20H,4-10,13H2,1-3H3. The van der Waals surface area contributed by atoms with E-state index in [9.17, 15) is 9.90 Å². The summed E-state index contributed by atoms with van der Waals surface area (Å²) in [5.41, 5.74) is 2.87. The average Bonchev–Trinajstić information content (AvgIpc) is 2.46. The highest BCUT2D eigenvalue weighted by molar-refractivity contribution is 5.73. The first-order valence-corrected chi connectivity index (χ1v) is 8.11. The highest BCUT2D eigenvalue weighted by Crippen LogP contribution is 2.28. The van der Waals surface area contributed by atoms with Crippen molar-refractivity contribution in [3.63, 3.8) is 0 Å². The maximum Gasteiger partial charge on any atom is 0.310 e. The van der Waals surface area contributed by atoms with Crippen LogP contribution in [0.2, 0.25) is 0 Å². The van der Waals surface area contributed by atoms with Crippen molar-refractivity contribution >= 4 is 5.97 Å². The zero-order valence-electron chi connectivity index (χ0n) is 13.6. The predicted octanol–water partition coefficient (Wildman–Crippen LogP) is 4.18. The number of hydrogen-bond acceptors (Lipinski definition) is 3. The number of aromatic hydroxyl groups is 1. The molecule has 21 heavy (non-hydrogen) atoms. The molecule has 118 valence electrons. The largest absolute Gasteiger partial charge is 0.507 e. The van der Waals surface area contributed by atoms with Gasteiger partial charge in [0.2, 0.25) is 0 Å². The van der Waals surface area contributed by atoms with Gasteiger partial charge in [-0.1, -0.05) is 38.8 Å². The summed E-state index contributed by atoms with van der Waals surface area (Å²) in [6.45, 7) is 6.49. The van der Waals surface area contributed by atoms with E-state index in [2.05, 4.69) is 13.8 Å². The second-order valence-electron chi connectivity index (χ2n) is 5.45. The summed E-state index contributed by atoms with van der Waals surface area (Å²) in [5, 5.41) is 10.4. The van der Waals surface area contributed by atoms with Crippen LogP contribution in [0.3, 0.4) is 0 Å². The van der Waals surface area contributed by atoms with E-state index >= 15 is 0 Å². The van der Waals surface area contributed by atoms with Crippen LogP contribution < -0.4 is 0 Å². The molecule has 0 saturated heterocycles. The van der Waals surface area contributed by atoms with Gasteiger partial charge in [-0.2, -0.15) is 0 Å². The van der Waals surface area contributed by atoms with Gasteiger partial charge in [0.1, 0.15) is 5.75 Å². The van der Waals surface area contributed by atoms with Crippen LogP contribution in [-0.2, 0) is 28.8 Å². The summed E-state index contributed by atoms with van der Waals surface area (Å²) in [6.07, 6.45) is 6.27. The Morgan fingerprint density at radius 1 is 1.05 bits per heavy atom. The zero-order chi connectivity index (χ0) is 15.7. The predicted molar refractivity (Wildman–Crippen MR) is 85.7 cm³/mol. The molecule has 0 aliphatic carbocycles. The Hall–Kier alpha value is -1.51. The molecule has 0 fully saturated rings. The van der Waals surface area contributed by atoms with Gasteiger partial charge in [0.15, 0.2) is 0 Å². The van der Waals surface area contributed by atoms with Crippen LogP contribution in [0.15, 0.2) is 12.1 Å². The van der Waals surface area contributed by atoms with Gasteiger partial charge in [0.05, 0.1) is 13.0 Å². The fourth-order valence-corrected chi connectivity index (χ4v) is 2.43. The Morgan fingerprint density at radius 2 is 1.57 bits per heavy atom. The molecule has 0 saturated carbocycles. The quantitative estimate of drug-likeness (QED) is 0.694. The molecule has 3 heteroatoms. The van der Waals surface area contributed by atoms with Crippen LogP contribution in [-0.4, -0.2) is 17.7 Å². The van der Waals surface area contributed by atoms with Crippen molar-refractivity contribution in [3.8, 4) is 5.75 Å². The van der Waals surface area contributed by atoms with Gasteiger partial charge in [-0.05, 0) is 49.3 Å². The van der Waals surface area contributed by atoms with Crippen molar-refractivity contribution in [1.82, 2.24) is 0 Å². The number of carbonyl (C=O) groups excluding carboxylic acids is 1. The summed E-state index contributed by atoms with van der Waals surface area (Å²) in [4.78, 5) is 11.7. The van der Waals surface area contributed by atoms with Crippen LogP contribution in [0.5, 0.6) is 5.75 Å². The van der Waals surface area contributed by atoms with Gasteiger partial charge < -0.3 is 9.84 Å². The zero-order valence-corrected chi connectivity index (χ0v) is 13.6. The molecule has 0 aliphatic rings. The van der Waals surface area contributed by atoms with E-state index in [1.165, 1.54) is 0 Å². The molecule has 0 heterocycles. The van der Waals surface area contributed by atoms with E-state index in [1.54, 1.807) is 0 Å². The number of phenolic OH excluding ortho intramolecular Hbond substituents is 1. The minimum absolute atomic E-state index is 0.203. The van der Waals surface area contributed by atoms with Crippen molar-refractivity contribution in [3.05, 3.63) is 28.8 Å². The summed E-state index contributed by atoms with van der Waals surface area (Å²) in [6, 6.07) is 3.91. The first-order valence-electron chi connectivity index (χ1n) is 8.11. The molecule has 1 aromatic carbocycles. The molecule has 1 aromatic rings.